The van der Waals surface area contributed by atoms with E-state index in [1.165, 1.54) is 0 Å². The van der Waals surface area contributed by atoms with E-state index < -0.39 is 0 Å². The van der Waals surface area contributed by atoms with E-state index in [-0.39, 0.29) is 6.04 Å². The summed E-state index contributed by atoms with van der Waals surface area (Å²) in [6.07, 6.45) is 1.73. The zero-order valence-corrected chi connectivity index (χ0v) is 12.1. The summed E-state index contributed by atoms with van der Waals surface area (Å²) in [5, 5.41) is 3.19. The SMILES string of the molecule is CCOc1cccc(Oc2ncccc2C(C)NC)c1. The molecule has 20 heavy (non-hydrogen) atoms. The van der Waals surface area contributed by atoms with Gasteiger partial charge in [0.2, 0.25) is 5.88 Å². The van der Waals surface area contributed by atoms with Gasteiger partial charge in [-0.1, -0.05) is 12.1 Å². The van der Waals surface area contributed by atoms with Crippen LogP contribution in [0.4, 0.5) is 0 Å². The van der Waals surface area contributed by atoms with E-state index in [0.717, 1.165) is 17.1 Å². The lowest BCUT2D eigenvalue weighted by atomic mass is 10.1. The number of nitrogens with zero attached hydrogens (tertiary/aromatic N) is 1. The van der Waals surface area contributed by atoms with Crippen molar-refractivity contribution in [2.45, 2.75) is 19.9 Å². The molecule has 1 aromatic heterocycles. The number of hydrogen-bond acceptors (Lipinski definition) is 4. The third-order valence-corrected chi connectivity index (χ3v) is 3.03. The molecule has 106 valence electrons. The molecule has 1 heterocycles. The normalized spacial score (nSPS) is 11.9. The summed E-state index contributed by atoms with van der Waals surface area (Å²) in [5.74, 6) is 2.13. The van der Waals surface area contributed by atoms with Crippen LogP contribution in [0, 0.1) is 0 Å². The van der Waals surface area contributed by atoms with Crippen LogP contribution in [0.3, 0.4) is 0 Å². The lowest BCUT2D eigenvalue weighted by Crippen LogP contribution is -2.13. The smallest absolute Gasteiger partial charge is 0.223 e. The van der Waals surface area contributed by atoms with E-state index in [2.05, 4.69) is 17.2 Å². The third kappa shape index (κ3) is 3.48. The molecule has 0 aliphatic carbocycles. The molecule has 0 aliphatic heterocycles. The second kappa shape index (κ2) is 6.91. The first-order valence-electron chi connectivity index (χ1n) is 6.77. The molecule has 0 saturated heterocycles. The monoisotopic (exact) mass is 272 g/mol. The lowest BCUT2D eigenvalue weighted by molar-refractivity contribution is 0.337. The van der Waals surface area contributed by atoms with Gasteiger partial charge in [-0.2, -0.15) is 0 Å². The average Bonchev–Trinajstić information content (AvgIpc) is 2.48. The Morgan fingerprint density at radius 2 is 2.00 bits per heavy atom. The van der Waals surface area contributed by atoms with Crippen molar-refractivity contribution in [3.63, 3.8) is 0 Å². The summed E-state index contributed by atoms with van der Waals surface area (Å²) in [4.78, 5) is 4.32. The highest BCUT2D eigenvalue weighted by Gasteiger charge is 2.11. The summed E-state index contributed by atoms with van der Waals surface area (Å²) in [7, 11) is 1.91. The Balaban J connectivity index is 2.23. The van der Waals surface area contributed by atoms with E-state index in [0.29, 0.717) is 12.5 Å². The molecule has 0 amide bonds. The highest BCUT2D eigenvalue weighted by Crippen LogP contribution is 2.29. The predicted octanol–water partition coefficient (Wildman–Crippen LogP) is 3.55. The molecule has 1 N–H and O–H groups in total. The topological polar surface area (TPSA) is 43.4 Å². The van der Waals surface area contributed by atoms with E-state index in [1.54, 1.807) is 6.20 Å². The highest BCUT2D eigenvalue weighted by atomic mass is 16.5. The standard InChI is InChI=1S/C16H20N2O2/c1-4-19-13-7-5-8-14(11-13)20-16-15(12(2)17-3)9-6-10-18-16/h5-12,17H,4H2,1-3H3. The van der Waals surface area contributed by atoms with Crippen molar-refractivity contribution in [2.24, 2.45) is 0 Å². The quantitative estimate of drug-likeness (QED) is 0.873. The first kappa shape index (κ1) is 14.3. The Kier molecular flexibility index (Phi) is 4.96. The Morgan fingerprint density at radius 1 is 1.20 bits per heavy atom. The van der Waals surface area contributed by atoms with Crippen LogP contribution in [0.25, 0.3) is 0 Å². The van der Waals surface area contributed by atoms with Crippen molar-refractivity contribution in [3.8, 4) is 17.4 Å². The van der Waals surface area contributed by atoms with Gasteiger partial charge in [0.25, 0.3) is 0 Å². The molecule has 1 unspecified atom stereocenters. The lowest BCUT2D eigenvalue weighted by Gasteiger charge is -2.15. The minimum Gasteiger partial charge on any atom is -0.494 e. The van der Waals surface area contributed by atoms with E-state index >= 15 is 0 Å². The molecule has 4 nitrogen and oxygen atoms in total. The minimum atomic E-state index is 0.175. The van der Waals surface area contributed by atoms with Crippen LogP contribution in [0.15, 0.2) is 42.6 Å². The van der Waals surface area contributed by atoms with Gasteiger partial charge in [-0.05, 0) is 39.1 Å². The summed E-state index contributed by atoms with van der Waals surface area (Å²) in [6, 6.07) is 11.7. The summed E-state index contributed by atoms with van der Waals surface area (Å²) in [6.45, 7) is 4.66. The largest absolute Gasteiger partial charge is 0.494 e. The first-order chi connectivity index (χ1) is 9.74. The highest BCUT2D eigenvalue weighted by molar-refractivity contribution is 5.38. The molecule has 0 radical (unpaired) electrons. The Bertz CT molecular complexity index is 558. The molecule has 0 bridgehead atoms. The number of hydrogen-bond donors (Lipinski definition) is 1. The Morgan fingerprint density at radius 3 is 2.75 bits per heavy atom. The van der Waals surface area contributed by atoms with E-state index in [4.69, 9.17) is 9.47 Å². The van der Waals surface area contributed by atoms with Crippen LogP contribution in [-0.2, 0) is 0 Å². The zero-order valence-electron chi connectivity index (χ0n) is 12.1. The molecule has 2 aromatic rings. The Hall–Kier alpha value is -2.07. The van der Waals surface area contributed by atoms with Gasteiger partial charge in [-0.25, -0.2) is 4.98 Å². The van der Waals surface area contributed by atoms with Crippen molar-refractivity contribution in [1.29, 1.82) is 0 Å². The van der Waals surface area contributed by atoms with Crippen LogP contribution in [0.1, 0.15) is 25.5 Å². The molecule has 1 atom stereocenters. The van der Waals surface area contributed by atoms with Gasteiger partial charge in [-0.3, -0.25) is 0 Å². The van der Waals surface area contributed by atoms with Gasteiger partial charge in [-0.15, -0.1) is 0 Å². The fraction of sp³-hybridized carbons (Fsp3) is 0.312. The van der Waals surface area contributed by atoms with Gasteiger partial charge in [0.15, 0.2) is 0 Å². The predicted molar refractivity (Wildman–Crippen MR) is 79.4 cm³/mol. The molecular weight excluding hydrogens is 252 g/mol. The van der Waals surface area contributed by atoms with E-state index in [1.807, 2.05) is 50.4 Å². The summed E-state index contributed by atoms with van der Waals surface area (Å²) >= 11 is 0. The fourth-order valence-corrected chi connectivity index (χ4v) is 1.88. The molecular formula is C16H20N2O2. The molecule has 0 aliphatic rings. The molecule has 0 saturated carbocycles. The molecule has 1 aromatic carbocycles. The van der Waals surface area contributed by atoms with Gasteiger partial charge < -0.3 is 14.8 Å². The van der Waals surface area contributed by atoms with Gasteiger partial charge in [0.1, 0.15) is 11.5 Å². The van der Waals surface area contributed by atoms with Crippen LogP contribution < -0.4 is 14.8 Å². The van der Waals surface area contributed by atoms with Crippen molar-refractivity contribution in [2.75, 3.05) is 13.7 Å². The zero-order chi connectivity index (χ0) is 14.4. The third-order valence-electron chi connectivity index (χ3n) is 3.03. The van der Waals surface area contributed by atoms with Gasteiger partial charge in [0, 0.05) is 23.9 Å². The second-order valence-electron chi connectivity index (χ2n) is 4.42. The number of pyridine rings is 1. The maximum absolute atomic E-state index is 5.89. The van der Waals surface area contributed by atoms with Crippen LogP contribution in [0.5, 0.6) is 17.4 Å². The van der Waals surface area contributed by atoms with Crippen LogP contribution in [0.2, 0.25) is 0 Å². The maximum Gasteiger partial charge on any atom is 0.223 e. The van der Waals surface area contributed by atoms with Crippen molar-refractivity contribution in [3.05, 3.63) is 48.2 Å². The molecule has 0 spiro atoms. The number of ether oxygens (including phenoxy) is 2. The molecule has 2 rings (SSSR count). The summed E-state index contributed by atoms with van der Waals surface area (Å²) in [5.41, 5.74) is 1.02. The van der Waals surface area contributed by atoms with Crippen molar-refractivity contribution >= 4 is 0 Å². The number of benzene rings is 1. The van der Waals surface area contributed by atoms with Crippen LogP contribution >= 0.6 is 0 Å². The maximum atomic E-state index is 5.89. The molecule has 0 fully saturated rings. The number of rotatable bonds is 6. The van der Waals surface area contributed by atoms with Gasteiger partial charge in [0.05, 0.1) is 6.61 Å². The van der Waals surface area contributed by atoms with Crippen LogP contribution in [-0.4, -0.2) is 18.6 Å². The number of aromatic nitrogens is 1. The van der Waals surface area contributed by atoms with Gasteiger partial charge >= 0.3 is 0 Å². The van der Waals surface area contributed by atoms with Crippen molar-refractivity contribution in [1.82, 2.24) is 10.3 Å². The number of nitrogens with one attached hydrogen (secondary N) is 1. The van der Waals surface area contributed by atoms with E-state index in [9.17, 15) is 0 Å². The summed E-state index contributed by atoms with van der Waals surface area (Å²) < 4.78 is 11.4. The minimum absolute atomic E-state index is 0.175. The fourth-order valence-electron chi connectivity index (χ4n) is 1.88. The molecule has 4 heteroatoms. The van der Waals surface area contributed by atoms with Crippen molar-refractivity contribution < 1.29 is 9.47 Å². The Labute approximate surface area is 119 Å². The second-order valence-corrected chi connectivity index (χ2v) is 4.42. The first-order valence-corrected chi connectivity index (χ1v) is 6.77. The average molecular weight is 272 g/mol.